The number of methoxy groups -OCH3 is 2. The van der Waals surface area contributed by atoms with Gasteiger partial charge in [-0.05, 0) is 74.3 Å². The summed E-state index contributed by atoms with van der Waals surface area (Å²) in [7, 11) is 3.39. The van der Waals surface area contributed by atoms with Gasteiger partial charge in [0.05, 0.1) is 50.8 Å². The second kappa shape index (κ2) is 19.6. The molecule has 3 N–H and O–H groups in total. The number of ether oxygens (including phenoxy) is 5. The molecule has 0 aliphatic carbocycles. The van der Waals surface area contributed by atoms with E-state index in [4.69, 9.17) is 29.4 Å². The normalized spacial score (nSPS) is 19.8. The summed E-state index contributed by atoms with van der Waals surface area (Å²) in [6.07, 6.45) is 2.50. The first-order chi connectivity index (χ1) is 24.4. The molecule has 0 spiro atoms. The number of rotatable bonds is 19. The van der Waals surface area contributed by atoms with E-state index < -0.39 is 11.6 Å². The largest absolute Gasteiger partial charge is 0.490 e. The average Bonchev–Trinajstić information content (AvgIpc) is 3.08. The minimum atomic E-state index is -0.615. The number of likely N-dealkylation sites (tertiary alicyclic amines) is 1. The highest BCUT2D eigenvalue weighted by Crippen LogP contribution is 2.39. The van der Waals surface area contributed by atoms with E-state index in [0.717, 1.165) is 47.6 Å². The van der Waals surface area contributed by atoms with Crippen LogP contribution in [-0.2, 0) is 41.8 Å². The van der Waals surface area contributed by atoms with Gasteiger partial charge in [0, 0.05) is 58.3 Å². The fraction of sp³-hybridized carbons (Fsp3) is 0.650. The molecule has 0 unspecified atom stereocenters. The lowest BCUT2D eigenvalue weighted by Crippen LogP contribution is -2.59. The molecule has 0 radical (unpaired) electrons. The Hall–Kier alpha value is -3.22. The van der Waals surface area contributed by atoms with Gasteiger partial charge in [-0.2, -0.15) is 0 Å². The van der Waals surface area contributed by atoms with Crippen LogP contribution in [0.3, 0.4) is 0 Å². The highest BCUT2D eigenvalue weighted by molar-refractivity contribution is 5.82. The molecule has 2 aromatic carbocycles. The van der Waals surface area contributed by atoms with Gasteiger partial charge in [0.1, 0.15) is 12.4 Å². The Morgan fingerprint density at radius 3 is 2.43 bits per heavy atom. The monoisotopic (exact) mass is 710 g/mol. The molecule has 11 heteroatoms. The number of nitrogens with one attached hydrogen (secondary N) is 1. The van der Waals surface area contributed by atoms with Gasteiger partial charge in [-0.25, -0.2) is 0 Å². The van der Waals surface area contributed by atoms with Crippen LogP contribution in [0.5, 0.6) is 5.75 Å². The van der Waals surface area contributed by atoms with Gasteiger partial charge >= 0.3 is 0 Å². The number of carbonyl (C=O) groups excluding carboxylic acids is 2. The Bertz CT molecular complexity index is 1390. The standard InChI is InChI=1S/C40H62N4O7/c1-28(2)21-35(41)39(46)44-25-38(51-27-31-11-14-37-36(22-31)43(16-18-50-37)15-8-17-47-6)34(23-33(44)24-40(4,5)42-29(3)45)32-12-9-30(10-13-32)26-49-20-19-48-7/h9-14,22,28,33-35,38H,8,15-21,23-27,41H2,1-7H3,(H,42,45)/t33-,34-,35+,38+/m1/s1. The van der Waals surface area contributed by atoms with E-state index in [9.17, 15) is 9.59 Å². The van der Waals surface area contributed by atoms with Gasteiger partial charge in [0.25, 0.3) is 0 Å². The molecule has 2 heterocycles. The Morgan fingerprint density at radius 2 is 1.75 bits per heavy atom. The molecule has 2 aliphatic rings. The zero-order valence-corrected chi connectivity index (χ0v) is 32.0. The van der Waals surface area contributed by atoms with Crippen LogP contribution in [-0.4, -0.2) is 101 Å². The van der Waals surface area contributed by atoms with Gasteiger partial charge in [0.2, 0.25) is 11.8 Å². The van der Waals surface area contributed by atoms with Crippen LogP contribution >= 0.6 is 0 Å². The third-order valence-corrected chi connectivity index (χ3v) is 9.71. The Balaban J connectivity index is 1.62. The number of amides is 2. The Kier molecular flexibility index (Phi) is 15.6. The molecule has 1 fully saturated rings. The van der Waals surface area contributed by atoms with Gasteiger partial charge < -0.3 is 44.5 Å². The van der Waals surface area contributed by atoms with Crippen molar-refractivity contribution in [2.75, 3.05) is 65.2 Å². The van der Waals surface area contributed by atoms with Crippen LogP contribution in [0, 0.1) is 5.92 Å². The van der Waals surface area contributed by atoms with E-state index >= 15 is 0 Å². The topological polar surface area (TPSA) is 125 Å². The first-order valence-corrected chi connectivity index (χ1v) is 18.5. The molecule has 0 saturated carbocycles. The summed E-state index contributed by atoms with van der Waals surface area (Å²) in [5.41, 5.74) is 10.4. The molecule has 1 saturated heterocycles. The molecule has 4 atom stereocenters. The number of hydrogen-bond acceptors (Lipinski definition) is 9. The second-order valence-corrected chi connectivity index (χ2v) is 15.1. The molecule has 2 aromatic rings. The van der Waals surface area contributed by atoms with E-state index in [1.54, 1.807) is 14.2 Å². The van der Waals surface area contributed by atoms with Crippen molar-refractivity contribution in [1.82, 2.24) is 10.2 Å². The molecule has 0 aromatic heterocycles. The van der Waals surface area contributed by atoms with E-state index in [0.29, 0.717) is 65.4 Å². The average molecular weight is 711 g/mol. The quantitative estimate of drug-likeness (QED) is 0.193. The highest BCUT2D eigenvalue weighted by Gasteiger charge is 2.42. The molecule has 2 aliphatic heterocycles. The molecule has 284 valence electrons. The van der Waals surface area contributed by atoms with Crippen LogP contribution in [0.25, 0.3) is 0 Å². The summed E-state index contributed by atoms with van der Waals surface area (Å²) in [5, 5.41) is 3.10. The number of anilines is 1. The lowest BCUT2D eigenvalue weighted by Gasteiger charge is -2.47. The zero-order valence-electron chi connectivity index (χ0n) is 32.0. The predicted octanol–water partition coefficient (Wildman–Crippen LogP) is 5.03. The third kappa shape index (κ3) is 12.2. The summed E-state index contributed by atoms with van der Waals surface area (Å²) in [6.45, 7) is 15.2. The second-order valence-electron chi connectivity index (χ2n) is 15.1. The summed E-state index contributed by atoms with van der Waals surface area (Å²) < 4.78 is 29.0. The first-order valence-electron chi connectivity index (χ1n) is 18.5. The fourth-order valence-electron chi connectivity index (χ4n) is 7.40. The smallest absolute Gasteiger partial charge is 0.239 e. The maximum atomic E-state index is 14.1. The summed E-state index contributed by atoms with van der Waals surface area (Å²) in [5.74, 6) is 0.995. The van der Waals surface area contributed by atoms with Gasteiger partial charge in [-0.1, -0.05) is 44.2 Å². The van der Waals surface area contributed by atoms with Crippen LogP contribution in [0.4, 0.5) is 5.69 Å². The SMILES string of the molecule is COCCCN1CCOc2ccc(CO[C@H]3CN(C(=O)[C@@H](N)CC(C)C)[C@@H](CC(C)(C)NC(C)=O)C[C@@H]3c3ccc(COCCOC)cc3)cc21. The van der Waals surface area contributed by atoms with Crippen LogP contribution in [0.2, 0.25) is 0 Å². The Morgan fingerprint density at radius 1 is 1.02 bits per heavy atom. The molecule has 51 heavy (non-hydrogen) atoms. The summed E-state index contributed by atoms with van der Waals surface area (Å²) in [6, 6.07) is 14.0. The molecular formula is C40H62N4O7. The fourth-order valence-corrected chi connectivity index (χ4v) is 7.40. The lowest BCUT2D eigenvalue weighted by molar-refractivity contribution is -0.143. The van der Waals surface area contributed by atoms with Crippen LogP contribution < -0.4 is 20.7 Å². The van der Waals surface area contributed by atoms with Crippen LogP contribution in [0.15, 0.2) is 42.5 Å². The molecular weight excluding hydrogens is 648 g/mol. The third-order valence-electron chi connectivity index (χ3n) is 9.71. The predicted molar refractivity (Wildman–Crippen MR) is 200 cm³/mol. The maximum Gasteiger partial charge on any atom is 0.239 e. The van der Waals surface area contributed by atoms with Crippen molar-refractivity contribution in [3.63, 3.8) is 0 Å². The number of carbonyl (C=O) groups is 2. The van der Waals surface area contributed by atoms with E-state index in [1.807, 2.05) is 24.8 Å². The number of piperidine rings is 1. The van der Waals surface area contributed by atoms with E-state index in [1.165, 1.54) is 6.92 Å². The maximum absolute atomic E-state index is 14.1. The number of fused-ring (bicyclic) bond motifs is 1. The molecule has 4 rings (SSSR count). The minimum absolute atomic E-state index is 0.00321. The number of nitrogens with two attached hydrogens (primary N) is 1. The first kappa shape index (κ1) is 40.5. The molecule has 0 bridgehead atoms. The van der Waals surface area contributed by atoms with Crippen molar-refractivity contribution in [2.24, 2.45) is 11.7 Å². The number of benzene rings is 2. The number of nitrogens with zero attached hydrogens (tertiary/aromatic N) is 2. The van der Waals surface area contributed by atoms with Gasteiger partial charge in [-0.3, -0.25) is 9.59 Å². The lowest BCUT2D eigenvalue weighted by atomic mass is 9.78. The van der Waals surface area contributed by atoms with Gasteiger partial charge in [-0.15, -0.1) is 0 Å². The van der Waals surface area contributed by atoms with Crippen molar-refractivity contribution >= 4 is 17.5 Å². The summed E-state index contributed by atoms with van der Waals surface area (Å²) >= 11 is 0. The minimum Gasteiger partial charge on any atom is -0.490 e. The van der Waals surface area contributed by atoms with Crippen LogP contribution in [0.1, 0.15) is 82.9 Å². The van der Waals surface area contributed by atoms with Crippen molar-refractivity contribution in [3.05, 3.63) is 59.2 Å². The number of hydrogen-bond donors (Lipinski definition) is 2. The van der Waals surface area contributed by atoms with E-state index in [2.05, 4.69) is 60.5 Å². The zero-order chi connectivity index (χ0) is 37.0. The van der Waals surface area contributed by atoms with Crippen molar-refractivity contribution in [1.29, 1.82) is 0 Å². The van der Waals surface area contributed by atoms with Crippen molar-refractivity contribution in [2.45, 2.75) is 103 Å². The van der Waals surface area contributed by atoms with Crippen molar-refractivity contribution in [3.8, 4) is 5.75 Å². The molecule has 2 amide bonds. The summed E-state index contributed by atoms with van der Waals surface area (Å²) in [4.78, 5) is 30.6. The highest BCUT2D eigenvalue weighted by atomic mass is 16.5. The molecule has 11 nitrogen and oxygen atoms in total. The van der Waals surface area contributed by atoms with E-state index in [-0.39, 0.29) is 35.8 Å². The van der Waals surface area contributed by atoms with Gasteiger partial charge in [0.15, 0.2) is 0 Å². The van der Waals surface area contributed by atoms with Crippen molar-refractivity contribution < 1.29 is 33.3 Å². The Labute approximate surface area is 305 Å².